The Balaban J connectivity index is 1.51. The van der Waals surface area contributed by atoms with Crippen LogP contribution < -0.4 is 5.32 Å². The van der Waals surface area contributed by atoms with Gasteiger partial charge >= 0.3 is 6.18 Å². The Kier molecular flexibility index (Phi) is 6.22. The highest BCUT2D eigenvalue weighted by molar-refractivity contribution is 7.89. The number of hydrogen-bond donors (Lipinski definition) is 1. The lowest BCUT2D eigenvalue weighted by Gasteiger charge is -2.28. The minimum absolute atomic E-state index is 0.0236. The van der Waals surface area contributed by atoms with Crippen molar-refractivity contribution in [3.63, 3.8) is 0 Å². The lowest BCUT2D eigenvalue weighted by molar-refractivity contribution is -0.137. The van der Waals surface area contributed by atoms with E-state index in [1.54, 1.807) is 0 Å². The van der Waals surface area contributed by atoms with Crippen molar-refractivity contribution in [2.24, 2.45) is 0 Å². The summed E-state index contributed by atoms with van der Waals surface area (Å²) in [6, 6.07) is 15.5. The molecule has 3 aromatic rings. The van der Waals surface area contributed by atoms with Gasteiger partial charge < -0.3 is 5.32 Å². The highest BCUT2D eigenvalue weighted by Gasteiger charge is 2.31. The van der Waals surface area contributed by atoms with Gasteiger partial charge in [0.2, 0.25) is 10.0 Å². The van der Waals surface area contributed by atoms with E-state index in [4.69, 9.17) is 11.6 Å². The summed E-state index contributed by atoms with van der Waals surface area (Å²) in [4.78, 5) is 12.5. The minimum Gasteiger partial charge on any atom is -0.321 e. The third kappa shape index (κ3) is 4.90. The number of alkyl halides is 3. The molecule has 0 aliphatic carbocycles. The number of sulfonamides is 1. The summed E-state index contributed by atoms with van der Waals surface area (Å²) in [7, 11) is -3.78. The minimum atomic E-state index is -4.59. The molecule has 0 saturated heterocycles. The summed E-state index contributed by atoms with van der Waals surface area (Å²) in [6.45, 7) is 0.602. The molecule has 3 aromatic carbocycles. The highest BCUT2D eigenvalue weighted by atomic mass is 35.5. The van der Waals surface area contributed by atoms with Gasteiger partial charge in [-0.2, -0.15) is 17.5 Å². The van der Waals surface area contributed by atoms with E-state index in [0.29, 0.717) is 13.0 Å². The molecule has 1 N–H and O–H groups in total. The lowest BCUT2D eigenvalue weighted by atomic mass is 10.0. The van der Waals surface area contributed by atoms with Gasteiger partial charge in [-0.1, -0.05) is 35.9 Å². The Hall–Kier alpha value is -2.88. The quantitative estimate of drug-likeness (QED) is 0.531. The van der Waals surface area contributed by atoms with Gasteiger partial charge in [-0.3, -0.25) is 4.79 Å². The second-order valence-corrected chi connectivity index (χ2v) is 9.87. The zero-order chi connectivity index (χ0) is 23.8. The normalized spacial score (nSPS) is 14.5. The van der Waals surface area contributed by atoms with Crippen LogP contribution in [-0.4, -0.2) is 25.2 Å². The Bertz CT molecular complexity index is 1310. The summed E-state index contributed by atoms with van der Waals surface area (Å²) in [5.41, 5.74) is 0.990. The number of amides is 1. The maximum Gasteiger partial charge on any atom is 0.416 e. The van der Waals surface area contributed by atoms with E-state index >= 15 is 0 Å². The van der Waals surface area contributed by atoms with E-state index in [1.807, 2.05) is 24.3 Å². The van der Waals surface area contributed by atoms with Crippen LogP contribution in [0, 0.1) is 0 Å². The molecule has 5 nitrogen and oxygen atoms in total. The molecule has 10 heteroatoms. The first kappa shape index (κ1) is 23.3. The van der Waals surface area contributed by atoms with Crippen molar-refractivity contribution < 1.29 is 26.4 Å². The molecule has 1 aliphatic rings. The molecule has 0 saturated carbocycles. The number of carbonyl (C=O) groups is 1. The molecule has 172 valence electrons. The molecule has 1 aliphatic heterocycles. The van der Waals surface area contributed by atoms with Crippen LogP contribution in [0.2, 0.25) is 5.02 Å². The molecule has 0 unspecified atom stereocenters. The fraction of sp³-hybridized carbons (Fsp3) is 0.174. The average Bonchev–Trinajstić information content (AvgIpc) is 2.79. The molecule has 0 aromatic heterocycles. The molecule has 0 spiro atoms. The number of halogens is 4. The number of nitrogens with zero attached hydrogens (tertiary/aromatic N) is 1. The standard InChI is InChI=1S/C23H18ClF3N2O3S/c24-20-10-7-18(23(25,26)27)13-21(20)28-22(30)16-5-8-19(9-6-16)33(31,32)29-12-11-15-3-1-2-4-17(15)14-29/h1-10,13H,11-12,14H2,(H,28,30). The Morgan fingerprint density at radius 1 is 0.970 bits per heavy atom. The maximum atomic E-state index is 13.0. The molecule has 1 heterocycles. The average molecular weight is 495 g/mol. The van der Waals surface area contributed by atoms with Crippen LogP contribution in [0.1, 0.15) is 27.0 Å². The summed E-state index contributed by atoms with van der Waals surface area (Å²) >= 11 is 5.92. The molecule has 33 heavy (non-hydrogen) atoms. The third-order valence-corrected chi connectivity index (χ3v) is 7.58. The van der Waals surface area contributed by atoms with Crippen molar-refractivity contribution in [1.29, 1.82) is 0 Å². The van der Waals surface area contributed by atoms with Crippen molar-refractivity contribution in [2.75, 3.05) is 11.9 Å². The van der Waals surface area contributed by atoms with Gasteiger partial charge in [-0.15, -0.1) is 0 Å². The number of anilines is 1. The smallest absolute Gasteiger partial charge is 0.321 e. The number of rotatable bonds is 4. The first-order chi connectivity index (χ1) is 15.6. The SMILES string of the molecule is O=C(Nc1cc(C(F)(F)F)ccc1Cl)c1ccc(S(=O)(=O)N2CCc3ccccc3C2)cc1. The molecule has 0 bridgehead atoms. The van der Waals surface area contributed by atoms with Gasteiger partial charge in [0.05, 0.1) is 21.2 Å². The number of benzene rings is 3. The van der Waals surface area contributed by atoms with E-state index in [0.717, 1.165) is 29.3 Å². The van der Waals surface area contributed by atoms with Gasteiger partial charge in [-0.05, 0) is 60.0 Å². The molecule has 0 fully saturated rings. The van der Waals surface area contributed by atoms with Gasteiger partial charge in [0, 0.05) is 18.7 Å². The zero-order valence-corrected chi connectivity index (χ0v) is 18.6. The van der Waals surface area contributed by atoms with Crippen LogP contribution in [0.15, 0.2) is 71.6 Å². The van der Waals surface area contributed by atoms with Gasteiger partial charge in [0.15, 0.2) is 0 Å². The Morgan fingerprint density at radius 2 is 1.64 bits per heavy atom. The van der Waals surface area contributed by atoms with Crippen LogP contribution in [0.25, 0.3) is 0 Å². The van der Waals surface area contributed by atoms with E-state index in [9.17, 15) is 26.4 Å². The van der Waals surface area contributed by atoms with Crippen molar-refractivity contribution >= 4 is 33.2 Å². The number of hydrogen-bond acceptors (Lipinski definition) is 3. The fourth-order valence-electron chi connectivity index (χ4n) is 3.59. The number of nitrogens with one attached hydrogen (secondary N) is 1. The van der Waals surface area contributed by atoms with Gasteiger partial charge in [-0.25, -0.2) is 8.42 Å². The molecular weight excluding hydrogens is 477 g/mol. The predicted molar refractivity (Wildman–Crippen MR) is 119 cm³/mol. The maximum absolute atomic E-state index is 13.0. The number of carbonyl (C=O) groups excluding carboxylic acids is 1. The first-order valence-corrected chi connectivity index (χ1v) is 11.7. The van der Waals surface area contributed by atoms with Crippen LogP contribution >= 0.6 is 11.6 Å². The topological polar surface area (TPSA) is 66.5 Å². The van der Waals surface area contributed by atoms with E-state index in [-0.39, 0.29) is 27.7 Å². The molecule has 4 rings (SSSR count). The van der Waals surface area contributed by atoms with E-state index in [1.165, 1.54) is 28.6 Å². The largest absolute Gasteiger partial charge is 0.416 e. The van der Waals surface area contributed by atoms with Crippen molar-refractivity contribution in [2.45, 2.75) is 24.0 Å². The van der Waals surface area contributed by atoms with E-state index in [2.05, 4.69) is 5.32 Å². The molecule has 1 amide bonds. The second kappa shape index (κ2) is 8.81. The van der Waals surface area contributed by atoms with Crippen molar-refractivity contribution in [3.05, 3.63) is 94.0 Å². The fourth-order valence-corrected chi connectivity index (χ4v) is 5.18. The van der Waals surface area contributed by atoms with E-state index < -0.39 is 27.7 Å². The van der Waals surface area contributed by atoms with Crippen LogP contribution in [0.3, 0.4) is 0 Å². The van der Waals surface area contributed by atoms with Crippen LogP contribution in [0.5, 0.6) is 0 Å². The lowest BCUT2D eigenvalue weighted by Crippen LogP contribution is -2.35. The Morgan fingerprint density at radius 3 is 2.30 bits per heavy atom. The number of fused-ring (bicyclic) bond motifs is 1. The predicted octanol–water partition coefficient (Wildman–Crippen LogP) is 5.36. The third-order valence-electron chi connectivity index (χ3n) is 5.39. The summed E-state index contributed by atoms with van der Waals surface area (Å²) in [6.07, 6.45) is -3.98. The second-order valence-electron chi connectivity index (χ2n) is 7.53. The zero-order valence-electron chi connectivity index (χ0n) is 17.1. The van der Waals surface area contributed by atoms with Gasteiger partial charge in [0.1, 0.15) is 0 Å². The molecule has 0 radical (unpaired) electrons. The highest BCUT2D eigenvalue weighted by Crippen LogP contribution is 2.34. The first-order valence-electron chi connectivity index (χ1n) is 9.91. The summed E-state index contributed by atoms with van der Waals surface area (Å²) in [5.74, 6) is -0.716. The monoisotopic (exact) mass is 494 g/mol. The van der Waals surface area contributed by atoms with Crippen molar-refractivity contribution in [3.8, 4) is 0 Å². The summed E-state index contributed by atoms with van der Waals surface area (Å²) in [5, 5.41) is 2.29. The molecular formula is C23H18ClF3N2O3S. The molecule has 0 atom stereocenters. The van der Waals surface area contributed by atoms with Crippen LogP contribution in [0.4, 0.5) is 18.9 Å². The summed E-state index contributed by atoms with van der Waals surface area (Å²) < 4.78 is 66.3. The Labute approximate surface area is 193 Å². The van der Waals surface area contributed by atoms with Crippen molar-refractivity contribution in [1.82, 2.24) is 4.31 Å². The van der Waals surface area contributed by atoms with Gasteiger partial charge in [0.25, 0.3) is 5.91 Å². The van der Waals surface area contributed by atoms with Crippen LogP contribution in [-0.2, 0) is 29.2 Å².